The van der Waals surface area contributed by atoms with Gasteiger partial charge < -0.3 is 10.8 Å². The lowest BCUT2D eigenvalue weighted by Gasteiger charge is -2.26. The fourth-order valence-electron chi connectivity index (χ4n) is 0.617. The molecule has 0 radical (unpaired) electrons. The van der Waals surface area contributed by atoms with Crippen LogP contribution in [0.4, 0.5) is 0 Å². The zero-order valence-electron chi connectivity index (χ0n) is 8.10. The molecule has 0 aromatic carbocycles. The van der Waals surface area contributed by atoms with Crippen molar-refractivity contribution in [3.63, 3.8) is 0 Å². The summed E-state index contributed by atoms with van der Waals surface area (Å²) in [4.78, 5) is 20.4. The summed E-state index contributed by atoms with van der Waals surface area (Å²) < 4.78 is -0.556. The maximum Gasteiger partial charge on any atom is 0.321 e. The zero-order valence-corrected chi connectivity index (χ0v) is 9.73. The van der Waals surface area contributed by atoms with Crippen molar-refractivity contribution in [2.24, 2.45) is 10.9 Å². The minimum absolute atomic E-state index is 0.232. The minimum Gasteiger partial charge on any atom is -0.480 e. The largest absolute Gasteiger partial charge is 0.480 e. The van der Waals surface area contributed by atoms with E-state index in [1.807, 2.05) is 0 Å². The molecule has 1 atom stereocenters. The first kappa shape index (κ1) is 13.7. The number of nitroso groups, excluding NO2 is 1. The van der Waals surface area contributed by atoms with Gasteiger partial charge in [-0.05, 0) is 13.8 Å². The molecule has 0 aliphatic heterocycles. The van der Waals surface area contributed by atoms with Gasteiger partial charge in [-0.2, -0.15) is 4.91 Å². The molecule has 0 rings (SSSR count). The van der Waals surface area contributed by atoms with Crippen molar-refractivity contribution in [3.8, 4) is 0 Å². The second-order valence-corrected chi connectivity index (χ2v) is 6.25. The van der Waals surface area contributed by atoms with Crippen molar-refractivity contribution >= 4 is 27.6 Å². The zero-order chi connectivity index (χ0) is 11.2. The van der Waals surface area contributed by atoms with Gasteiger partial charge in [0.25, 0.3) is 0 Å². The number of nitrogens with zero attached hydrogens (tertiary/aromatic N) is 1. The molecule has 14 heavy (non-hydrogen) atoms. The lowest BCUT2D eigenvalue weighted by Crippen LogP contribution is -2.46. The Kier molecular flexibility index (Phi) is 6.14. The van der Waals surface area contributed by atoms with E-state index in [9.17, 15) is 9.70 Å². The standard InChI is InChI=1S/C7H14N2O3S2/c1-7(2,5(8)6(10)11)14-13-4-3-9-12/h5H,3-4,8H2,1-2H3,(H,10,11). The molecule has 0 fully saturated rings. The first-order valence-corrected chi connectivity index (χ1v) is 6.32. The van der Waals surface area contributed by atoms with Crippen LogP contribution in [0.1, 0.15) is 13.8 Å². The van der Waals surface area contributed by atoms with E-state index < -0.39 is 16.8 Å². The summed E-state index contributed by atoms with van der Waals surface area (Å²) >= 11 is 0. The molecule has 5 nitrogen and oxygen atoms in total. The maximum absolute atomic E-state index is 10.6. The number of rotatable bonds is 7. The quantitative estimate of drug-likeness (QED) is 0.395. The third kappa shape index (κ3) is 4.83. The molecule has 0 saturated carbocycles. The number of nitrogens with two attached hydrogens (primary N) is 1. The van der Waals surface area contributed by atoms with Crippen molar-refractivity contribution in [1.29, 1.82) is 0 Å². The maximum atomic E-state index is 10.6. The van der Waals surface area contributed by atoms with Crippen LogP contribution in [-0.4, -0.2) is 34.2 Å². The normalized spacial score (nSPS) is 13.6. The number of hydrogen-bond acceptors (Lipinski definition) is 6. The smallest absolute Gasteiger partial charge is 0.321 e. The summed E-state index contributed by atoms with van der Waals surface area (Å²) in [5.41, 5.74) is 5.49. The molecule has 3 N–H and O–H groups in total. The number of carboxylic acid groups (broad SMARTS) is 1. The summed E-state index contributed by atoms with van der Waals surface area (Å²) in [5.74, 6) is -0.444. The summed E-state index contributed by atoms with van der Waals surface area (Å²) in [7, 11) is 2.78. The van der Waals surface area contributed by atoms with E-state index in [0.717, 1.165) is 0 Å². The van der Waals surface area contributed by atoms with Crippen LogP contribution in [0.5, 0.6) is 0 Å². The second kappa shape index (κ2) is 6.26. The summed E-state index contributed by atoms with van der Waals surface area (Å²) in [5, 5.41) is 11.4. The Morgan fingerprint density at radius 3 is 2.64 bits per heavy atom. The van der Waals surface area contributed by atoms with Crippen molar-refractivity contribution in [3.05, 3.63) is 4.91 Å². The van der Waals surface area contributed by atoms with Crippen molar-refractivity contribution in [2.75, 3.05) is 12.3 Å². The Morgan fingerprint density at radius 2 is 2.21 bits per heavy atom. The summed E-state index contributed by atoms with van der Waals surface area (Å²) in [6.45, 7) is 3.76. The number of carboxylic acids is 1. The van der Waals surface area contributed by atoms with Gasteiger partial charge in [-0.25, -0.2) is 0 Å². The first-order chi connectivity index (χ1) is 6.41. The number of aliphatic carboxylic acids is 1. The molecule has 1 unspecified atom stereocenters. The summed E-state index contributed by atoms with van der Waals surface area (Å²) in [6, 6.07) is -0.913. The molecule has 0 aliphatic carbocycles. The van der Waals surface area contributed by atoms with Gasteiger partial charge in [-0.15, -0.1) is 0 Å². The molecule has 0 spiro atoms. The monoisotopic (exact) mass is 238 g/mol. The minimum atomic E-state index is -1.02. The van der Waals surface area contributed by atoms with Gasteiger partial charge in [0.05, 0.1) is 6.54 Å². The lowest BCUT2D eigenvalue weighted by atomic mass is 10.1. The van der Waals surface area contributed by atoms with E-state index in [1.165, 1.54) is 21.6 Å². The van der Waals surface area contributed by atoms with E-state index in [0.29, 0.717) is 5.75 Å². The predicted molar refractivity (Wildman–Crippen MR) is 60.4 cm³/mol. The van der Waals surface area contributed by atoms with Crippen LogP contribution < -0.4 is 5.73 Å². The molecular formula is C7H14N2O3S2. The van der Waals surface area contributed by atoms with Crippen LogP contribution >= 0.6 is 21.6 Å². The molecule has 0 aliphatic rings. The van der Waals surface area contributed by atoms with Crippen LogP contribution in [0.15, 0.2) is 5.18 Å². The SMILES string of the molecule is CC(C)(SSCCN=O)C(N)C(=O)O. The Hall–Kier alpha value is -0.270. The van der Waals surface area contributed by atoms with Crippen LogP contribution in [0.2, 0.25) is 0 Å². The van der Waals surface area contributed by atoms with Gasteiger partial charge in [0.2, 0.25) is 0 Å². The highest BCUT2D eigenvalue weighted by atomic mass is 33.1. The molecule has 0 saturated heterocycles. The van der Waals surface area contributed by atoms with Crippen molar-refractivity contribution in [2.45, 2.75) is 24.6 Å². The Bertz CT molecular complexity index is 211. The third-order valence-corrected chi connectivity index (χ3v) is 4.85. The van der Waals surface area contributed by atoms with Gasteiger partial charge in [0.15, 0.2) is 0 Å². The molecule has 82 valence electrons. The Balaban J connectivity index is 3.93. The van der Waals surface area contributed by atoms with Gasteiger partial charge >= 0.3 is 5.97 Å². The lowest BCUT2D eigenvalue weighted by molar-refractivity contribution is -0.139. The Labute approximate surface area is 90.6 Å². The average molecular weight is 238 g/mol. The van der Waals surface area contributed by atoms with Crippen molar-refractivity contribution in [1.82, 2.24) is 0 Å². The van der Waals surface area contributed by atoms with Gasteiger partial charge in [0, 0.05) is 10.5 Å². The molecular weight excluding hydrogens is 224 g/mol. The van der Waals surface area contributed by atoms with Gasteiger partial charge in [-0.3, -0.25) is 4.79 Å². The summed E-state index contributed by atoms with van der Waals surface area (Å²) in [6.07, 6.45) is 0. The highest BCUT2D eigenvalue weighted by Gasteiger charge is 2.32. The molecule has 0 aromatic rings. The highest BCUT2D eigenvalue weighted by molar-refractivity contribution is 8.77. The molecule has 0 bridgehead atoms. The second-order valence-electron chi connectivity index (χ2n) is 3.18. The molecule has 0 amide bonds. The fourth-order valence-corrected chi connectivity index (χ4v) is 3.05. The van der Waals surface area contributed by atoms with E-state index >= 15 is 0 Å². The van der Waals surface area contributed by atoms with Crippen LogP contribution in [0.3, 0.4) is 0 Å². The average Bonchev–Trinajstić information content (AvgIpc) is 2.11. The molecule has 0 aromatic heterocycles. The molecule has 7 heteroatoms. The van der Waals surface area contributed by atoms with Crippen LogP contribution in [-0.2, 0) is 4.79 Å². The predicted octanol–water partition coefficient (Wildman–Crippen LogP) is 1.32. The van der Waals surface area contributed by atoms with E-state index in [1.54, 1.807) is 13.8 Å². The van der Waals surface area contributed by atoms with E-state index in [-0.39, 0.29) is 6.54 Å². The number of carbonyl (C=O) groups is 1. The van der Waals surface area contributed by atoms with E-state index in [4.69, 9.17) is 10.8 Å². The Morgan fingerprint density at radius 1 is 1.64 bits per heavy atom. The third-order valence-electron chi connectivity index (χ3n) is 1.55. The highest BCUT2D eigenvalue weighted by Crippen LogP contribution is 2.37. The topological polar surface area (TPSA) is 92.8 Å². The fraction of sp³-hybridized carbons (Fsp3) is 0.857. The molecule has 0 heterocycles. The van der Waals surface area contributed by atoms with Gasteiger partial charge in [0.1, 0.15) is 6.04 Å². The van der Waals surface area contributed by atoms with E-state index in [2.05, 4.69) is 5.18 Å². The van der Waals surface area contributed by atoms with Crippen LogP contribution in [0, 0.1) is 4.91 Å². The number of hydrogen-bond donors (Lipinski definition) is 2. The van der Waals surface area contributed by atoms with Crippen LogP contribution in [0.25, 0.3) is 0 Å². The first-order valence-electron chi connectivity index (χ1n) is 4.00. The van der Waals surface area contributed by atoms with Crippen molar-refractivity contribution < 1.29 is 9.90 Å². The van der Waals surface area contributed by atoms with Gasteiger partial charge in [-0.1, -0.05) is 26.8 Å².